The van der Waals surface area contributed by atoms with Crippen molar-refractivity contribution in [2.75, 3.05) is 10.6 Å². The van der Waals surface area contributed by atoms with Gasteiger partial charge in [0.2, 0.25) is 5.91 Å². The highest BCUT2D eigenvalue weighted by Gasteiger charge is 2.34. The molecule has 0 unspecified atom stereocenters. The predicted octanol–water partition coefficient (Wildman–Crippen LogP) is 1.09. The quantitative estimate of drug-likeness (QED) is 0.421. The first-order valence-electron chi connectivity index (χ1n) is 4.51. The highest BCUT2D eigenvalue weighted by molar-refractivity contribution is 6.28. The number of hydrogen-bond acceptors (Lipinski definition) is 3. The molecule has 0 aromatic heterocycles. The van der Waals surface area contributed by atoms with Crippen molar-refractivity contribution in [2.24, 2.45) is 0 Å². The monoisotopic (exact) mass is 202 g/mol. The number of hydrogen-bond donors (Lipinski definition) is 1. The molecule has 4 heteroatoms. The minimum atomic E-state index is -0.363. The van der Waals surface area contributed by atoms with E-state index in [9.17, 15) is 9.59 Å². The summed E-state index contributed by atoms with van der Waals surface area (Å²) < 4.78 is 0. The summed E-state index contributed by atoms with van der Waals surface area (Å²) in [4.78, 5) is 24.2. The topological polar surface area (TPSA) is 63.4 Å². The zero-order valence-electron chi connectivity index (χ0n) is 8.06. The number of rotatable bonds is 1. The molecular weight excluding hydrogens is 192 g/mol. The minimum absolute atomic E-state index is 0.0766. The van der Waals surface area contributed by atoms with E-state index in [0.717, 1.165) is 4.90 Å². The lowest BCUT2D eigenvalue weighted by Crippen LogP contribution is -2.29. The first kappa shape index (κ1) is 9.45. The number of nitrogen functional groups attached to an aromatic ring is 1. The molecule has 1 heterocycles. The molecule has 1 fully saturated rings. The van der Waals surface area contributed by atoms with Crippen LogP contribution in [0.5, 0.6) is 0 Å². The summed E-state index contributed by atoms with van der Waals surface area (Å²) in [6, 6.07) is 6.77. The fourth-order valence-corrected chi connectivity index (χ4v) is 1.54. The maximum atomic E-state index is 11.6. The number of amides is 2. The molecule has 1 aliphatic heterocycles. The number of carbonyl (C=O) groups excluding carboxylic acids is 2. The maximum Gasteiger partial charge on any atom is 0.260 e. The summed E-state index contributed by atoms with van der Waals surface area (Å²) in [6.07, 6.45) is 0.0766. The van der Waals surface area contributed by atoms with E-state index in [-0.39, 0.29) is 18.2 Å². The van der Waals surface area contributed by atoms with E-state index >= 15 is 0 Å². The number of para-hydroxylation sites is 2. The lowest BCUT2D eigenvalue weighted by Gasteiger charge is -2.15. The van der Waals surface area contributed by atoms with Gasteiger partial charge in [0.15, 0.2) is 0 Å². The van der Waals surface area contributed by atoms with Gasteiger partial charge in [0, 0.05) is 5.57 Å². The third kappa shape index (κ3) is 1.40. The van der Waals surface area contributed by atoms with Crippen LogP contribution in [0.1, 0.15) is 6.42 Å². The van der Waals surface area contributed by atoms with Gasteiger partial charge in [-0.3, -0.25) is 9.59 Å². The fraction of sp³-hybridized carbons (Fsp3) is 0.0909. The van der Waals surface area contributed by atoms with Crippen LogP contribution >= 0.6 is 0 Å². The summed E-state index contributed by atoms with van der Waals surface area (Å²) in [5, 5.41) is 0. The largest absolute Gasteiger partial charge is 0.397 e. The summed E-state index contributed by atoms with van der Waals surface area (Å²) in [7, 11) is 0. The normalized spacial score (nSPS) is 16.3. The van der Waals surface area contributed by atoms with E-state index < -0.39 is 0 Å². The molecule has 4 nitrogen and oxygen atoms in total. The van der Waals surface area contributed by atoms with Crippen molar-refractivity contribution in [3.63, 3.8) is 0 Å². The van der Waals surface area contributed by atoms with Gasteiger partial charge in [0.1, 0.15) is 0 Å². The van der Waals surface area contributed by atoms with Crippen LogP contribution < -0.4 is 10.6 Å². The van der Waals surface area contributed by atoms with E-state index in [1.807, 2.05) is 0 Å². The Morgan fingerprint density at radius 3 is 2.47 bits per heavy atom. The van der Waals surface area contributed by atoms with Crippen molar-refractivity contribution >= 4 is 23.2 Å². The van der Waals surface area contributed by atoms with Gasteiger partial charge < -0.3 is 5.73 Å². The number of benzene rings is 1. The van der Waals surface area contributed by atoms with E-state index in [1.54, 1.807) is 24.3 Å². The molecule has 1 aromatic carbocycles. The third-order valence-corrected chi connectivity index (χ3v) is 2.30. The van der Waals surface area contributed by atoms with Crippen LogP contribution in [0.25, 0.3) is 0 Å². The SMILES string of the molecule is C=C1CC(=O)N(c2ccccc2N)C1=O. The molecule has 2 N–H and O–H groups in total. The van der Waals surface area contributed by atoms with Crippen molar-refractivity contribution in [1.82, 2.24) is 0 Å². The Hall–Kier alpha value is -2.10. The van der Waals surface area contributed by atoms with Crippen molar-refractivity contribution in [3.05, 3.63) is 36.4 Å². The Labute approximate surface area is 87.0 Å². The number of nitrogens with two attached hydrogens (primary N) is 1. The highest BCUT2D eigenvalue weighted by atomic mass is 16.2. The van der Waals surface area contributed by atoms with Crippen molar-refractivity contribution in [3.8, 4) is 0 Å². The molecule has 0 saturated carbocycles. The van der Waals surface area contributed by atoms with Gasteiger partial charge in [0.05, 0.1) is 17.8 Å². The zero-order chi connectivity index (χ0) is 11.0. The zero-order valence-corrected chi connectivity index (χ0v) is 8.06. The third-order valence-electron chi connectivity index (χ3n) is 2.30. The van der Waals surface area contributed by atoms with Crippen LogP contribution in [0.2, 0.25) is 0 Å². The smallest absolute Gasteiger partial charge is 0.260 e. The van der Waals surface area contributed by atoms with Crippen LogP contribution in [-0.4, -0.2) is 11.8 Å². The molecule has 2 rings (SSSR count). The van der Waals surface area contributed by atoms with Gasteiger partial charge >= 0.3 is 0 Å². The maximum absolute atomic E-state index is 11.6. The number of anilines is 2. The first-order chi connectivity index (χ1) is 7.11. The van der Waals surface area contributed by atoms with Gasteiger partial charge in [-0.25, -0.2) is 4.90 Å². The molecule has 0 atom stereocenters. The Balaban J connectivity index is 2.48. The fourth-order valence-electron chi connectivity index (χ4n) is 1.54. The van der Waals surface area contributed by atoms with Crippen molar-refractivity contribution in [1.29, 1.82) is 0 Å². The summed E-state index contributed by atoms with van der Waals surface area (Å²) in [5.41, 5.74) is 6.85. The van der Waals surface area contributed by atoms with E-state index in [0.29, 0.717) is 16.9 Å². The van der Waals surface area contributed by atoms with Crippen molar-refractivity contribution < 1.29 is 9.59 Å². The minimum Gasteiger partial charge on any atom is -0.397 e. The Bertz CT molecular complexity index is 465. The molecule has 76 valence electrons. The van der Waals surface area contributed by atoms with Crippen LogP contribution in [0.15, 0.2) is 36.4 Å². The number of nitrogens with zero attached hydrogens (tertiary/aromatic N) is 1. The highest BCUT2D eigenvalue weighted by Crippen LogP contribution is 2.29. The van der Waals surface area contributed by atoms with Crippen LogP contribution in [0.4, 0.5) is 11.4 Å². The van der Waals surface area contributed by atoms with E-state index in [4.69, 9.17) is 5.73 Å². The second kappa shape index (κ2) is 3.24. The second-order valence-corrected chi connectivity index (χ2v) is 3.37. The number of carbonyl (C=O) groups is 2. The van der Waals surface area contributed by atoms with Gasteiger partial charge in [0.25, 0.3) is 5.91 Å². The molecule has 2 amide bonds. The molecule has 0 aliphatic carbocycles. The number of imide groups is 1. The molecule has 15 heavy (non-hydrogen) atoms. The van der Waals surface area contributed by atoms with Crippen LogP contribution in [0, 0.1) is 0 Å². The molecule has 1 saturated heterocycles. The van der Waals surface area contributed by atoms with Crippen molar-refractivity contribution in [2.45, 2.75) is 6.42 Å². The molecule has 0 spiro atoms. The average molecular weight is 202 g/mol. The van der Waals surface area contributed by atoms with Crippen LogP contribution in [0.3, 0.4) is 0 Å². The second-order valence-electron chi connectivity index (χ2n) is 3.37. The van der Waals surface area contributed by atoms with E-state index in [1.165, 1.54) is 0 Å². The lowest BCUT2D eigenvalue weighted by atomic mass is 10.2. The molecule has 0 bridgehead atoms. The van der Waals surface area contributed by atoms with E-state index in [2.05, 4.69) is 6.58 Å². The van der Waals surface area contributed by atoms with Gasteiger partial charge in [-0.1, -0.05) is 18.7 Å². The standard InChI is InChI=1S/C11H10N2O2/c1-7-6-10(14)13(11(7)15)9-5-3-2-4-8(9)12/h2-5H,1,6,12H2. The first-order valence-corrected chi connectivity index (χ1v) is 4.51. The Kier molecular flexibility index (Phi) is 2.04. The summed E-state index contributed by atoms with van der Waals surface area (Å²) >= 11 is 0. The lowest BCUT2D eigenvalue weighted by molar-refractivity contribution is -0.120. The summed E-state index contributed by atoms with van der Waals surface area (Å²) in [5.74, 6) is -0.638. The van der Waals surface area contributed by atoms with Crippen LogP contribution in [-0.2, 0) is 9.59 Å². The molecule has 0 radical (unpaired) electrons. The molecule has 1 aromatic rings. The Morgan fingerprint density at radius 1 is 1.27 bits per heavy atom. The molecular formula is C11H10N2O2. The van der Waals surface area contributed by atoms with Gasteiger partial charge in [-0.2, -0.15) is 0 Å². The van der Waals surface area contributed by atoms with Gasteiger partial charge in [-0.05, 0) is 12.1 Å². The Morgan fingerprint density at radius 2 is 1.93 bits per heavy atom. The van der Waals surface area contributed by atoms with Gasteiger partial charge in [-0.15, -0.1) is 0 Å². The summed E-state index contributed by atoms with van der Waals surface area (Å²) in [6.45, 7) is 3.54. The average Bonchev–Trinajstić information content (AvgIpc) is 2.43. The molecule has 1 aliphatic rings. The predicted molar refractivity (Wildman–Crippen MR) is 57.1 cm³/mol.